The van der Waals surface area contributed by atoms with Gasteiger partial charge < -0.3 is 9.73 Å². The van der Waals surface area contributed by atoms with Crippen LogP contribution >= 0.6 is 0 Å². The molecule has 0 aliphatic carbocycles. The normalized spacial score (nSPS) is 10.5. The average molecular weight is 306 g/mol. The first-order chi connectivity index (χ1) is 11.2. The van der Waals surface area contributed by atoms with Gasteiger partial charge in [0.2, 0.25) is 5.91 Å². The van der Waals surface area contributed by atoms with Crippen LogP contribution in [0.1, 0.15) is 17.9 Å². The van der Waals surface area contributed by atoms with E-state index in [1.165, 1.54) is 0 Å². The number of nitrogens with one attached hydrogen (secondary N) is 1. The number of aromatic nitrogens is 1. The van der Waals surface area contributed by atoms with Gasteiger partial charge in [-0.2, -0.15) is 0 Å². The van der Waals surface area contributed by atoms with Gasteiger partial charge in [0.15, 0.2) is 11.7 Å². The largest absolute Gasteiger partial charge is 0.441 e. The summed E-state index contributed by atoms with van der Waals surface area (Å²) in [5.74, 6) is 1.25. The van der Waals surface area contributed by atoms with Crippen molar-refractivity contribution in [2.75, 3.05) is 5.32 Å². The molecule has 0 unspecified atom stereocenters. The van der Waals surface area contributed by atoms with Crippen molar-refractivity contribution in [3.63, 3.8) is 0 Å². The van der Waals surface area contributed by atoms with Crippen LogP contribution in [0.15, 0.2) is 65.2 Å². The van der Waals surface area contributed by atoms with Crippen LogP contribution in [-0.2, 0) is 11.2 Å². The minimum absolute atomic E-state index is 0.0462. The second kappa shape index (κ2) is 6.92. The molecule has 0 saturated carbocycles. The number of anilines is 1. The molecule has 4 heteroatoms. The fourth-order valence-electron chi connectivity index (χ4n) is 2.33. The van der Waals surface area contributed by atoms with Gasteiger partial charge in [0, 0.05) is 24.1 Å². The Bertz CT molecular complexity index is 794. The first-order valence-electron chi connectivity index (χ1n) is 7.57. The molecular weight excluding hydrogens is 288 g/mol. The molecule has 1 aromatic heterocycles. The molecule has 2 aromatic carbocycles. The third-order valence-corrected chi connectivity index (χ3v) is 3.48. The zero-order valence-electron chi connectivity index (χ0n) is 13.0. The third-order valence-electron chi connectivity index (χ3n) is 3.48. The molecule has 0 saturated heterocycles. The molecule has 3 aromatic rings. The second-order valence-corrected chi connectivity index (χ2v) is 5.40. The summed E-state index contributed by atoms with van der Waals surface area (Å²) < 4.78 is 5.70. The van der Waals surface area contributed by atoms with Gasteiger partial charge in [0.05, 0.1) is 6.20 Å². The summed E-state index contributed by atoms with van der Waals surface area (Å²) in [6.07, 6.45) is 2.51. The minimum atomic E-state index is -0.0462. The summed E-state index contributed by atoms with van der Waals surface area (Å²) in [6, 6.07) is 17.5. The van der Waals surface area contributed by atoms with Gasteiger partial charge >= 0.3 is 0 Å². The molecule has 0 atom stereocenters. The van der Waals surface area contributed by atoms with E-state index in [1.807, 2.05) is 61.5 Å². The smallest absolute Gasteiger partial charge is 0.224 e. The zero-order valence-corrected chi connectivity index (χ0v) is 13.0. The number of carbonyl (C=O) groups is 1. The van der Waals surface area contributed by atoms with Gasteiger partial charge in [-0.25, -0.2) is 4.98 Å². The van der Waals surface area contributed by atoms with Crippen molar-refractivity contribution < 1.29 is 9.21 Å². The van der Waals surface area contributed by atoms with Gasteiger partial charge in [-0.1, -0.05) is 42.5 Å². The van der Waals surface area contributed by atoms with E-state index in [0.717, 1.165) is 22.6 Å². The maximum absolute atomic E-state index is 12.0. The molecule has 0 fully saturated rings. The Morgan fingerprint density at radius 3 is 2.74 bits per heavy atom. The van der Waals surface area contributed by atoms with Crippen LogP contribution < -0.4 is 5.32 Å². The number of rotatable bonds is 5. The van der Waals surface area contributed by atoms with E-state index >= 15 is 0 Å². The molecule has 23 heavy (non-hydrogen) atoms. The molecule has 1 N–H and O–H groups in total. The van der Waals surface area contributed by atoms with Crippen molar-refractivity contribution in [2.45, 2.75) is 19.8 Å². The Kier molecular flexibility index (Phi) is 4.52. The maximum atomic E-state index is 12.0. The van der Waals surface area contributed by atoms with E-state index in [4.69, 9.17) is 4.42 Å². The topological polar surface area (TPSA) is 55.1 Å². The summed E-state index contributed by atoms with van der Waals surface area (Å²) in [6.45, 7) is 1.99. The molecule has 3 rings (SSSR count). The number of carbonyl (C=O) groups excluding carboxylic acids is 1. The summed E-state index contributed by atoms with van der Waals surface area (Å²) in [4.78, 5) is 16.2. The Labute approximate surface area is 135 Å². The molecule has 116 valence electrons. The van der Waals surface area contributed by atoms with E-state index in [0.29, 0.717) is 18.7 Å². The molecule has 0 aliphatic heterocycles. The summed E-state index contributed by atoms with van der Waals surface area (Å²) >= 11 is 0. The summed E-state index contributed by atoms with van der Waals surface area (Å²) in [7, 11) is 0. The number of benzene rings is 2. The predicted octanol–water partition coefficient (Wildman–Crippen LogP) is 4.22. The highest BCUT2D eigenvalue weighted by molar-refractivity contribution is 5.90. The predicted molar refractivity (Wildman–Crippen MR) is 90.1 cm³/mol. The lowest BCUT2D eigenvalue weighted by atomic mass is 10.2. The zero-order chi connectivity index (χ0) is 16.1. The third kappa shape index (κ3) is 4.07. The number of hydrogen-bond donors (Lipinski definition) is 1. The monoisotopic (exact) mass is 306 g/mol. The molecule has 1 heterocycles. The van der Waals surface area contributed by atoms with Crippen molar-refractivity contribution >= 4 is 11.6 Å². The SMILES string of the molecule is Cc1cccc(NC(=O)CCc2ncc(-c3ccccc3)o2)c1. The highest BCUT2D eigenvalue weighted by Gasteiger charge is 2.09. The van der Waals surface area contributed by atoms with Gasteiger partial charge in [0.25, 0.3) is 0 Å². The number of oxazole rings is 1. The van der Waals surface area contributed by atoms with E-state index < -0.39 is 0 Å². The average Bonchev–Trinajstić information content (AvgIpc) is 3.03. The van der Waals surface area contributed by atoms with Crippen LogP contribution in [0, 0.1) is 6.92 Å². The van der Waals surface area contributed by atoms with Crippen LogP contribution in [0.25, 0.3) is 11.3 Å². The van der Waals surface area contributed by atoms with E-state index in [2.05, 4.69) is 10.3 Å². The Morgan fingerprint density at radius 2 is 1.96 bits per heavy atom. The number of aryl methyl sites for hydroxylation is 2. The second-order valence-electron chi connectivity index (χ2n) is 5.40. The highest BCUT2D eigenvalue weighted by Crippen LogP contribution is 2.20. The minimum Gasteiger partial charge on any atom is -0.441 e. The van der Waals surface area contributed by atoms with E-state index in [9.17, 15) is 4.79 Å². The molecule has 4 nitrogen and oxygen atoms in total. The van der Waals surface area contributed by atoms with Crippen LogP contribution in [-0.4, -0.2) is 10.9 Å². The van der Waals surface area contributed by atoms with Crippen molar-refractivity contribution in [1.29, 1.82) is 0 Å². The maximum Gasteiger partial charge on any atom is 0.224 e. The quantitative estimate of drug-likeness (QED) is 0.767. The number of nitrogens with zero attached hydrogens (tertiary/aromatic N) is 1. The molecule has 0 bridgehead atoms. The Balaban J connectivity index is 1.56. The van der Waals surface area contributed by atoms with E-state index in [-0.39, 0.29) is 5.91 Å². The standard InChI is InChI=1S/C19H18N2O2/c1-14-6-5-9-16(12-14)21-18(22)10-11-19-20-13-17(23-19)15-7-3-2-4-8-15/h2-9,12-13H,10-11H2,1H3,(H,21,22). The van der Waals surface area contributed by atoms with Gasteiger partial charge in [-0.15, -0.1) is 0 Å². The van der Waals surface area contributed by atoms with Crippen LogP contribution in [0.4, 0.5) is 5.69 Å². The van der Waals surface area contributed by atoms with Crippen molar-refractivity contribution in [2.24, 2.45) is 0 Å². The first kappa shape index (κ1) is 15.0. The molecule has 0 aliphatic rings. The summed E-state index contributed by atoms with van der Waals surface area (Å²) in [5, 5.41) is 2.88. The van der Waals surface area contributed by atoms with Crippen molar-refractivity contribution in [3.8, 4) is 11.3 Å². The highest BCUT2D eigenvalue weighted by atomic mass is 16.4. The lowest BCUT2D eigenvalue weighted by molar-refractivity contribution is -0.116. The molecule has 0 radical (unpaired) electrons. The summed E-state index contributed by atoms with van der Waals surface area (Å²) in [5.41, 5.74) is 2.91. The van der Waals surface area contributed by atoms with Crippen molar-refractivity contribution in [1.82, 2.24) is 4.98 Å². The number of amides is 1. The first-order valence-corrected chi connectivity index (χ1v) is 7.57. The molecular formula is C19H18N2O2. The van der Waals surface area contributed by atoms with Crippen LogP contribution in [0.3, 0.4) is 0 Å². The number of hydrogen-bond acceptors (Lipinski definition) is 3. The molecule has 0 spiro atoms. The van der Waals surface area contributed by atoms with E-state index in [1.54, 1.807) is 6.20 Å². The van der Waals surface area contributed by atoms with Crippen LogP contribution in [0.5, 0.6) is 0 Å². The molecule has 1 amide bonds. The van der Waals surface area contributed by atoms with Crippen LogP contribution in [0.2, 0.25) is 0 Å². The fraction of sp³-hybridized carbons (Fsp3) is 0.158. The Morgan fingerprint density at radius 1 is 1.13 bits per heavy atom. The lowest BCUT2D eigenvalue weighted by Gasteiger charge is -2.04. The van der Waals surface area contributed by atoms with Gasteiger partial charge in [-0.05, 0) is 24.6 Å². The lowest BCUT2D eigenvalue weighted by Crippen LogP contribution is -2.12. The Hall–Kier alpha value is -2.88. The van der Waals surface area contributed by atoms with Gasteiger partial charge in [-0.3, -0.25) is 4.79 Å². The van der Waals surface area contributed by atoms with Crippen molar-refractivity contribution in [3.05, 3.63) is 72.2 Å². The fourth-order valence-corrected chi connectivity index (χ4v) is 2.33. The van der Waals surface area contributed by atoms with Gasteiger partial charge in [0.1, 0.15) is 0 Å².